The first-order chi connectivity index (χ1) is 14.3. The maximum Gasteiger partial charge on any atom is 0.411 e. The van der Waals surface area contributed by atoms with Crippen LogP contribution in [0.15, 0.2) is 36.4 Å². The number of hydrogen-bond acceptors (Lipinski definition) is 7. The Hall–Kier alpha value is -2.43. The Morgan fingerprint density at radius 3 is 2.73 bits per heavy atom. The maximum atomic E-state index is 13.0. The molecule has 1 aromatic heterocycles. The van der Waals surface area contributed by atoms with Gasteiger partial charge in [-0.2, -0.15) is 0 Å². The van der Waals surface area contributed by atoms with Gasteiger partial charge in [0.1, 0.15) is 4.75 Å². The lowest BCUT2D eigenvalue weighted by molar-refractivity contribution is -0.130. The van der Waals surface area contributed by atoms with Gasteiger partial charge in [0.25, 0.3) is 0 Å². The number of ether oxygens (including phenoxy) is 1. The van der Waals surface area contributed by atoms with Gasteiger partial charge in [-0.1, -0.05) is 18.6 Å². The molecule has 1 aliphatic heterocycles. The molecule has 0 spiro atoms. The first kappa shape index (κ1) is 22.3. The summed E-state index contributed by atoms with van der Waals surface area (Å²) < 4.78 is 29.6. The molecular weight excluding hydrogens is 428 g/mol. The predicted molar refractivity (Wildman–Crippen MR) is 114 cm³/mol. The average Bonchev–Trinajstić information content (AvgIpc) is 3.20. The van der Waals surface area contributed by atoms with Crippen LogP contribution in [-0.4, -0.2) is 38.0 Å². The van der Waals surface area contributed by atoms with E-state index in [2.05, 4.69) is 5.32 Å². The largest absolute Gasteiger partial charge is 0.450 e. The number of anilines is 1. The number of nitrogens with one attached hydrogen (secondary N) is 2. The second kappa shape index (κ2) is 9.15. The molecule has 30 heavy (non-hydrogen) atoms. The first-order valence-corrected chi connectivity index (χ1v) is 12.1. The van der Waals surface area contributed by atoms with E-state index in [1.807, 2.05) is 12.1 Å². The molecule has 0 radical (unpaired) electrons. The van der Waals surface area contributed by atoms with Crippen LogP contribution in [0.25, 0.3) is 10.4 Å². The number of carbonyl (C=O) groups is 2. The number of thiophene rings is 1. The zero-order valence-electron chi connectivity index (χ0n) is 16.5. The summed E-state index contributed by atoms with van der Waals surface area (Å²) in [7, 11) is -3.58. The molecule has 0 aliphatic carbocycles. The number of amides is 2. The van der Waals surface area contributed by atoms with E-state index < -0.39 is 26.6 Å². The fourth-order valence-corrected chi connectivity index (χ4v) is 7.46. The van der Waals surface area contributed by atoms with Gasteiger partial charge < -0.3 is 4.74 Å². The summed E-state index contributed by atoms with van der Waals surface area (Å²) >= 11 is 1.30. The van der Waals surface area contributed by atoms with Gasteiger partial charge in [0.05, 0.1) is 18.8 Å². The minimum absolute atomic E-state index is 0.0118. The van der Waals surface area contributed by atoms with Crippen molar-refractivity contribution in [2.24, 2.45) is 0 Å². The lowest BCUT2D eigenvalue weighted by Crippen LogP contribution is -2.43. The van der Waals surface area contributed by atoms with Crippen molar-refractivity contribution in [3.8, 4) is 10.4 Å². The van der Waals surface area contributed by atoms with E-state index in [0.29, 0.717) is 29.8 Å². The minimum atomic E-state index is -3.58. The van der Waals surface area contributed by atoms with Crippen LogP contribution in [0.1, 0.15) is 37.5 Å². The lowest BCUT2D eigenvalue weighted by atomic mass is 9.94. The van der Waals surface area contributed by atoms with E-state index in [4.69, 9.17) is 9.94 Å². The van der Waals surface area contributed by atoms with Gasteiger partial charge in [-0.05, 0) is 49.6 Å². The van der Waals surface area contributed by atoms with Crippen molar-refractivity contribution in [3.05, 3.63) is 41.3 Å². The van der Waals surface area contributed by atoms with Crippen molar-refractivity contribution in [1.29, 1.82) is 0 Å². The minimum Gasteiger partial charge on any atom is -0.450 e. The van der Waals surface area contributed by atoms with E-state index >= 15 is 0 Å². The van der Waals surface area contributed by atoms with Gasteiger partial charge in [-0.3, -0.25) is 15.3 Å². The number of carbonyl (C=O) groups excluding carboxylic acids is 2. The molecule has 2 heterocycles. The Bertz CT molecular complexity index is 1030. The van der Waals surface area contributed by atoms with Crippen molar-refractivity contribution in [1.82, 2.24) is 5.48 Å². The molecule has 162 valence electrons. The van der Waals surface area contributed by atoms with Crippen molar-refractivity contribution >= 4 is 38.9 Å². The van der Waals surface area contributed by atoms with Crippen molar-refractivity contribution < 1.29 is 28.0 Å². The third kappa shape index (κ3) is 4.50. The summed E-state index contributed by atoms with van der Waals surface area (Å²) in [6.45, 7) is 1.98. The van der Waals surface area contributed by atoms with Crippen LogP contribution in [0, 0.1) is 0 Å². The SMILES string of the molecule is CCOC(=O)Nc1cccc(-c2ccc([C@@]3(CC(=O)NO)CCCCS3(=O)=O)s2)c1. The Morgan fingerprint density at radius 1 is 1.23 bits per heavy atom. The van der Waals surface area contributed by atoms with Crippen LogP contribution >= 0.6 is 11.3 Å². The highest BCUT2D eigenvalue weighted by molar-refractivity contribution is 7.92. The summed E-state index contributed by atoms with van der Waals surface area (Å²) in [5.41, 5.74) is 2.93. The predicted octanol–water partition coefficient (Wildman–Crippen LogP) is 3.67. The molecule has 1 fully saturated rings. The summed E-state index contributed by atoms with van der Waals surface area (Å²) in [6, 6.07) is 10.7. The summed E-state index contributed by atoms with van der Waals surface area (Å²) in [4.78, 5) is 25.0. The lowest BCUT2D eigenvalue weighted by Gasteiger charge is -2.35. The third-order valence-electron chi connectivity index (χ3n) is 5.13. The molecule has 0 saturated carbocycles. The highest BCUT2D eigenvalue weighted by atomic mass is 32.2. The summed E-state index contributed by atoms with van der Waals surface area (Å²) in [5.74, 6) is -0.714. The zero-order valence-corrected chi connectivity index (χ0v) is 18.1. The molecule has 0 bridgehead atoms. The van der Waals surface area contributed by atoms with Crippen LogP contribution in [0.4, 0.5) is 10.5 Å². The monoisotopic (exact) mass is 452 g/mol. The van der Waals surface area contributed by atoms with Crippen molar-refractivity contribution in [2.75, 3.05) is 17.7 Å². The van der Waals surface area contributed by atoms with Gasteiger partial charge in [0.2, 0.25) is 5.91 Å². The number of benzene rings is 1. The standard InChI is InChI=1S/C20H24N2O6S2/c1-2-28-19(24)21-15-7-5-6-14(12-15)16-8-9-17(29-16)20(13-18(23)22-25)10-3-4-11-30(20,26)27/h5-9,12,25H,2-4,10-11,13H2,1H3,(H,21,24)(H,22,23)/t20-/m0/s1. The molecular formula is C20H24N2O6S2. The molecule has 1 atom stereocenters. The highest BCUT2D eigenvalue weighted by Crippen LogP contribution is 2.47. The Morgan fingerprint density at radius 2 is 2.03 bits per heavy atom. The maximum absolute atomic E-state index is 13.0. The molecule has 2 amide bonds. The Balaban J connectivity index is 1.95. The number of rotatable bonds is 6. The van der Waals surface area contributed by atoms with E-state index in [-0.39, 0.29) is 18.8 Å². The van der Waals surface area contributed by atoms with Gasteiger partial charge in [-0.25, -0.2) is 18.7 Å². The summed E-state index contributed by atoms with van der Waals surface area (Å²) in [5, 5.41) is 11.6. The van der Waals surface area contributed by atoms with Crippen molar-refractivity contribution in [3.63, 3.8) is 0 Å². The normalized spacial score (nSPS) is 20.3. The summed E-state index contributed by atoms with van der Waals surface area (Å²) in [6.07, 6.45) is 0.696. The second-order valence-electron chi connectivity index (χ2n) is 7.07. The molecule has 0 unspecified atom stereocenters. The van der Waals surface area contributed by atoms with Gasteiger partial charge >= 0.3 is 6.09 Å². The van der Waals surface area contributed by atoms with E-state index in [9.17, 15) is 18.0 Å². The molecule has 1 saturated heterocycles. The van der Waals surface area contributed by atoms with Gasteiger partial charge in [-0.15, -0.1) is 11.3 Å². The van der Waals surface area contributed by atoms with Crippen LogP contribution in [0.5, 0.6) is 0 Å². The van der Waals surface area contributed by atoms with Crippen LogP contribution in [0.3, 0.4) is 0 Å². The molecule has 10 heteroatoms. The average molecular weight is 453 g/mol. The van der Waals surface area contributed by atoms with Gasteiger partial charge in [0, 0.05) is 15.4 Å². The molecule has 1 aliphatic rings. The van der Waals surface area contributed by atoms with E-state index in [0.717, 1.165) is 10.4 Å². The number of sulfone groups is 1. The number of hydrogen-bond donors (Lipinski definition) is 3. The molecule has 2 aromatic rings. The number of hydroxylamine groups is 1. The van der Waals surface area contributed by atoms with E-state index in [1.165, 1.54) is 11.3 Å². The van der Waals surface area contributed by atoms with Crippen LogP contribution in [0.2, 0.25) is 0 Å². The molecule has 1 aromatic carbocycles. The zero-order chi connectivity index (χ0) is 21.8. The van der Waals surface area contributed by atoms with Gasteiger partial charge in [0.15, 0.2) is 9.84 Å². The topological polar surface area (TPSA) is 122 Å². The Labute approximate surface area is 179 Å². The quantitative estimate of drug-likeness (QED) is 0.454. The van der Waals surface area contributed by atoms with Crippen molar-refractivity contribution in [2.45, 2.75) is 37.4 Å². The fraction of sp³-hybridized carbons (Fsp3) is 0.400. The highest BCUT2D eigenvalue weighted by Gasteiger charge is 2.49. The van der Waals surface area contributed by atoms with E-state index in [1.54, 1.807) is 36.7 Å². The smallest absolute Gasteiger partial charge is 0.411 e. The molecule has 8 nitrogen and oxygen atoms in total. The molecule has 3 N–H and O–H groups in total. The molecule has 3 rings (SSSR count). The Kier molecular flexibility index (Phi) is 6.79. The van der Waals surface area contributed by atoms with Crippen LogP contribution in [-0.2, 0) is 24.1 Å². The first-order valence-electron chi connectivity index (χ1n) is 9.61. The fourth-order valence-electron chi connectivity index (χ4n) is 3.69. The van der Waals surface area contributed by atoms with Crippen LogP contribution < -0.4 is 10.8 Å². The second-order valence-corrected chi connectivity index (χ2v) is 10.6. The third-order valence-corrected chi connectivity index (χ3v) is 9.19.